The molecule has 1 unspecified atom stereocenters. The Balaban J connectivity index is 1.99. The largest absolute Gasteiger partial charge is 0.376 e. The van der Waals surface area contributed by atoms with Crippen LogP contribution in [-0.2, 0) is 18.3 Å². The molecule has 0 saturated carbocycles. The van der Waals surface area contributed by atoms with Crippen molar-refractivity contribution >= 4 is 11.6 Å². The number of hydrogen-bond acceptors (Lipinski definition) is 3. The van der Waals surface area contributed by atoms with Gasteiger partial charge < -0.3 is 9.30 Å². The Labute approximate surface area is 94.8 Å². The maximum absolute atomic E-state index is 5.93. The molecule has 0 radical (unpaired) electrons. The van der Waals surface area contributed by atoms with Crippen LogP contribution in [0.1, 0.15) is 12.7 Å². The predicted octanol–water partition coefficient (Wildman–Crippen LogP) is 1.29. The number of halogens is 1. The minimum Gasteiger partial charge on any atom is -0.376 e. The molecule has 0 aromatic carbocycles. The molecule has 84 valence electrons. The molecule has 0 N–H and O–H groups in total. The monoisotopic (exact) mass is 229 g/mol. The van der Waals surface area contributed by atoms with Gasteiger partial charge in [0.2, 0.25) is 0 Å². The molecule has 0 amide bonds. The Morgan fingerprint density at radius 1 is 1.67 bits per heavy atom. The zero-order valence-corrected chi connectivity index (χ0v) is 9.87. The van der Waals surface area contributed by atoms with Crippen LogP contribution in [0.25, 0.3) is 0 Å². The highest BCUT2D eigenvalue weighted by Crippen LogP contribution is 2.13. The minimum absolute atomic E-state index is 0.314. The van der Waals surface area contributed by atoms with Crippen molar-refractivity contribution in [2.24, 2.45) is 7.05 Å². The van der Waals surface area contributed by atoms with Gasteiger partial charge in [0.25, 0.3) is 0 Å². The molecule has 4 nitrogen and oxygen atoms in total. The van der Waals surface area contributed by atoms with E-state index in [0.717, 1.165) is 32.1 Å². The Morgan fingerprint density at radius 3 is 3.07 bits per heavy atom. The van der Waals surface area contributed by atoms with E-state index in [2.05, 4.69) is 16.8 Å². The van der Waals surface area contributed by atoms with E-state index in [4.69, 9.17) is 16.3 Å². The average molecular weight is 230 g/mol. The van der Waals surface area contributed by atoms with E-state index < -0.39 is 0 Å². The topological polar surface area (TPSA) is 30.3 Å². The van der Waals surface area contributed by atoms with Crippen LogP contribution in [-0.4, -0.2) is 40.3 Å². The summed E-state index contributed by atoms with van der Waals surface area (Å²) in [6, 6.07) is 0. The molecule has 2 rings (SSSR count). The van der Waals surface area contributed by atoms with Gasteiger partial charge in [0.15, 0.2) is 0 Å². The number of nitrogens with zero attached hydrogens (tertiary/aromatic N) is 3. The summed E-state index contributed by atoms with van der Waals surface area (Å²) in [5.41, 5.74) is 0. The van der Waals surface area contributed by atoms with E-state index in [1.54, 1.807) is 6.20 Å². The third-order valence-corrected chi connectivity index (χ3v) is 3.07. The van der Waals surface area contributed by atoms with Crippen molar-refractivity contribution in [3.63, 3.8) is 0 Å². The van der Waals surface area contributed by atoms with Crippen LogP contribution in [0.15, 0.2) is 6.20 Å². The van der Waals surface area contributed by atoms with Gasteiger partial charge in [-0.3, -0.25) is 4.90 Å². The molecule has 2 heterocycles. The van der Waals surface area contributed by atoms with E-state index in [9.17, 15) is 0 Å². The first-order valence-corrected chi connectivity index (χ1v) is 5.54. The molecular formula is C10H16ClN3O. The summed E-state index contributed by atoms with van der Waals surface area (Å²) in [6.07, 6.45) is 2.01. The summed E-state index contributed by atoms with van der Waals surface area (Å²) in [5.74, 6) is 1.01. The van der Waals surface area contributed by atoms with Crippen molar-refractivity contribution in [3.8, 4) is 0 Å². The first-order valence-electron chi connectivity index (χ1n) is 5.17. The average Bonchev–Trinajstić information content (AvgIpc) is 2.50. The molecule has 0 aliphatic carbocycles. The number of hydrogen-bond donors (Lipinski definition) is 0. The second-order valence-corrected chi connectivity index (χ2v) is 4.36. The van der Waals surface area contributed by atoms with Gasteiger partial charge >= 0.3 is 0 Å². The van der Waals surface area contributed by atoms with Gasteiger partial charge in [0, 0.05) is 20.1 Å². The third-order valence-electron chi connectivity index (χ3n) is 2.72. The fourth-order valence-corrected chi connectivity index (χ4v) is 1.95. The molecule has 1 aliphatic heterocycles. The highest BCUT2D eigenvalue weighted by molar-refractivity contribution is 6.29. The van der Waals surface area contributed by atoms with Crippen molar-refractivity contribution in [2.75, 3.05) is 19.7 Å². The summed E-state index contributed by atoms with van der Waals surface area (Å²) >= 11 is 5.93. The lowest BCUT2D eigenvalue weighted by Gasteiger charge is -2.30. The fraction of sp³-hybridized carbons (Fsp3) is 0.700. The van der Waals surface area contributed by atoms with E-state index in [0.29, 0.717) is 11.3 Å². The second-order valence-electron chi connectivity index (χ2n) is 3.97. The van der Waals surface area contributed by atoms with Crippen LogP contribution >= 0.6 is 11.6 Å². The predicted molar refractivity (Wildman–Crippen MR) is 58.9 cm³/mol. The van der Waals surface area contributed by atoms with Crippen molar-refractivity contribution in [1.29, 1.82) is 0 Å². The van der Waals surface area contributed by atoms with Crippen LogP contribution in [0.3, 0.4) is 0 Å². The van der Waals surface area contributed by atoms with Crippen molar-refractivity contribution < 1.29 is 4.74 Å². The Hall–Kier alpha value is -0.580. The highest BCUT2D eigenvalue weighted by atomic mass is 35.5. The van der Waals surface area contributed by atoms with Gasteiger partial charge in [-0.25, -0.2) is 4.98 Å². The number of aromatic nitrogens is 2. The number of imidazole rings is 1. The molecule has 1 aromatic rings. The lowest BCUT2D eigenvalue weighted by atomic mass is 10.3. The molecule has 1 saturated heterocycles. The summed E-state index contributed by atoms with van der Waals surface area (Å²) in [7, 11) is 1.94. The zero-order chi connectivity index (χ0) is 10.8. The summed E-state index contributed by atoms with van der Waals surface area (Å²) < 4.78 is 7.40. The van der Waals surface area contributed by atoms with E-state index in [1.165, 1.54) is 0 Å². The fourth-order valence-electron chi connectivity index (χ4n) is 1.81. The van der Waals surface area contributed by atoms with Gasteiger partial charge in [0.05, 0.1) is 25.5 Å². The Kier molecular flexibility index (Phi) is 3.29. The molecule has 15 heavy (non-hydrogen) atoms. The number of rotatable bonds is 2. The zero-order valence-electron chi connectivity index (χ0n) is 9.11. The smallest absolute Gasteiger partial charge is 0.128 e. The molecule has 1 aliphatic rings. The van der Waals surface area contributed by atoms with Crippen LogP contribution in [0.5, 0.6) is 0 Å². The van der Waals surface area contributed by atoms with Crippen LogP contribution in [0, 0.1) is 0 Å². The summed E-state index contributed by atoms with van der Waals surface area (Å²) in [4.78, 5) is 6.62. The molecule has 1 fully saturated rings. The van der Waals surface area contributed by atoms with Crippen LogP contribution in [0.2, 0.25) is 5.15 Å². The SMILES string of the molecule is CC1CN(Cc2ncc(Cl)n2C)CCO1. The highest BCUT2D eigenvalue weighted by Gasteiger charge is 2.18. The first kappa shape index (κ1) is 10.9. The maximum Gasteiger partial charge on any atom is 0.128 e. The van der Waals surface area contributed by atoms with E-state index in [-0.39, 0.29) is 0 Å². The minimum atomic E-state index is 0.314. The summed E-state index contributed by atoms with van der Waals surface area (Å²) in [5, 5.41) is 0.686. The Bertz CT molecular complexity index is 339. The van der Waals surface area contributed by atoms with Crippen LogP contribution < -0.4 is 0 Å². The van der Waals surface area contributed by atoms with Gasteiger partial charge in [-0.1, -0.05) is 11.6 Å². The maximum atomic E-state index is 5.93. The second kappa shape index (κ2) is 4.51. The summed E-state index contributed by atoms with van der Waals surface area (Å²) in [6.45, 7) is 5.67. The van der Waals surface area contributed by atoms with Gasteiger partial charge in [0.1, 0.15) is 11.0 Å². The number of morpholine rings is 1. The molecule has 5 heteroatoms. The van der Waals surface area contributed by atoms with E-state index >= 15 is 0 Å². The third kappa shape index (κ3) is 2.51. The standard InChI is InChI=1S/C10H16ClN3O/c1-8-6-14(3-4-15-8)7-10-12-5-9(11)13(10)2/h5,8H,3-4,6-7H2,1-2H3. The normalized spacial score (nSPS) is 23.3. The van der Waals surface area contributed by atoms with Crippen molar-refractivity contribution in [1.82, 2.24) is 14.5 Å². The Morgan fingerprint density at radius 2 is 2.47 bits per heavy atom. The molecule has 0 bridgehead atoms. The first-order chi connectivity index (χ1) is 7.16. The lowest BCUT2D eigenvalue weighted by molar-refractivity contribution is -0.0222. The van der Waals surface area contributed by atoms with Gasteiger partial charge in [-0.15, -0.1) is 0 Å². The van der Waals surface area contributed by atoms with Crippen LogP contribution in [0.4, 0.5) is 0 Å². The van der Waals surface area contributed by atoms with Crippen molar-refractivity contribution in [3.05, 3.63) is 17.2 Å². The quantitative estimate of drug-likeness (QED) is 0.766. The molecular weight excluding hydrogens is 214 g/mol. The lowest BCUT2D eigenvalue weighted by Crippen LogP contribution is -2.40. The molecule has 0 spiro atoms. The molecule has 1 atom stereocenters. The van der Waals surface area contributed by atoms with Gasteiger partial charge in [-0.05, 0) is 6.92 Å². The molecule has 1 aromatic heterocycles. The van der Waals surface area contributed by atoms with Crippen molar-refractivity contribution in [2.45, 2.75) is 19.6 Å². The van der Waals surface area contributed by atoms with Gasteiger partial charge in [-0.2, -0.15) is 0 Å². The number of ether oxygens (including phenoxy) is 1. The van der Waals surface area contributed by atoms with E-state index in [1.807, 2.05) is 11.6 Å².